The van der Waals surface area contributed by atoms with Crippen LogP contribution in [0.3, 0.4) is 0 Å². The molecule has 0 amide bonds. The van der Waals surface area contributed by atoms with Gasteiger partial charge in [0, 0.05) is 10.6 Å². The van der Waals surface area contributed by atoms with E-state index >= 15 is 0 Å². The van der Waals surface area contributed by atoms with Gasteiger partial charge in [-0.2, -0.15) is 19.9 Å². The molecule has 2 aromatic rings. The Morgan fingerprint density at radius 1 is 1.35 bits per heavy atom. The normalized spacial score (nSPS) is 8.76. The van der Waals surface area contributed by atoms with Crippen LogP contribution in [-0.4, -0.2) is 21.6 Å². The first-order valence-corrected chi connectivity index (χ1v) is 4.87. The van der Waals surface area contributed by atoms with Crippen LogP contribution in [0.2, 0.25) is 5.02 Å². The number of carbonyl (C=O) groups excluding carboxylic acids is 2. The molecular weight excluding hydrogens is 246 g/mol. The van der Waals surface area contributed by atoms with E-state index in [1.165, 1.54) is 6.20 Å². The molecule has 0 spiro atoms. The fourth-order valence-electron chi connectivity index (χ4n) is 1.03. The summed E-state index contributed by atoms with van der Waals surface area (Å²) >= 11 is 5.94. The molecule has 17 heavy (non-hydrogen) atoms. The first-order chi connectivity index (χ1) is 8.27. The molecule has 0 aliphatic heterocycles. The van der Waals surface area contributed by atoms with Crippen molar-refractivity contribution >= 4 is 17.8 Å². The number of hydrogen-bond acceptors (Lipinski definition) is 5. The highest BCUT2D eigenvalue weighted by atomic mass is 35.5. The van der Waals surface area contributed by atoms with E-state index in [0.29, 0.717) is 17.5 Å². The van der Waals surface area contributed by atoms with E-state index in [1.807, 2.05) is 24.3 Å². The van der Waals surface area contributed by atoms with Gasteiger partial charge < -0.3 is 4.74 Å². The lowest BCUT2D eigenvalue weighted by Gasteiger charge is -2.03. The third-order valence-electron chi connectivity index (χ3n) is 1.73. The van der Waals surface area contributed by atoms with Crippen molar-refractivity contribution in [1.29, 1.82) is 0 Å². The zero-order chi connectivity index (χ0) is 12.5. The molecule has 0 saturated carbocycles. The third kappa shape index (κ3) is 4.46. The minimum Gasteiger partial charge on any atom is -0.471 e. The number of aromatic nitrogens is 3. The number of nitrogens with zero attached hydrogens (tertiary/aromatic N) is 2. The Balaban J connectivity index is 0.000000437. The molecule has 7 heteroatoms. The van der Waals surface area contributed by atoms with Gasteiger partial charge in [-0.3, -0.25) is 0 Å². The molecule has 0 unspecified atom stereocenters. The predicted octanol–water partition coefficient (Wildman–Crippen LogP) is 1.45. The number of H-pyrrole nitrogens is 1. The highest BCUT2D eigenvalue weighted by Crippen LogP contribution is 2.16. The highest BCUT2D eigenvalue weighted by molar-refractivity contribution is 6.31. The van der Waals surface area contributed by atoms with E-state index in [1.54, 1.807) is 0 Å². The van der Waals surface area contributed by atoms with Gasteiger partial charge in [0.05, 0.1) is 0 Å². The molecule has 0 fully saturated rings. The lowest BCUT2D eigenvalue weighted by molar-refractivity contribution is -0.191. The fourth-order valence-corrected chi connectivity index (χ4v) is 1.22. The molecule has 0 bridgehead atoms. The van der Waals surface area contributed by atoms with Gasteiger partial charge in [0.1, 0.15) is 12.8 Å². The third-order valence-corrected chi connectivity index (χ3v) is 2.10. The van der Waals surface area contributed by atoms with Crippen molar-refractivity contribution in [3.63, 3.8) is 0 Å². The number of ether oxygens (including phenoxy) is 1. The smallest absolute Gasteiger partial charge is 0.373 e. The average Bonchev–Trinajstić information content (AvgIpc) is 2.82. The number of nitrogens with one attached hydrogen (secondary N) is 1. The topological polar surface area (TPSA) is 84.9 Å². The molecule has 1 aromatic carbocycles. The molecule has 1 aromatic heterocycles. The first kappa shape index (κ1) is 12.9. The van der Waals surface area contributed by atoms with Crippen molar-refractivity contribution in [2.75, 3.05) is 0 Å². The maximum Gasteiger partial charge on any atom is 0.373 e. The molecular formula is C10H8ClN3O3. The first-order valence-electron chi connectivity index (χ1n) is 4.49. The van der Waals surface area contributed by atoms with Crippen molar-refractivity contribution in [3.8, 4) is 5.88 Å². The van der Waals surface area contributed by atoms with E-state index in [0.717, 1.165) is 5.56 Å². The van der Waals surface area contributed by atoms with E-state index < -0.39 is 0 Å². The van der Waals surface area contributed by atoms with Gasteiger partial charge in [-0.1, -0.05) is 29.8 Å². The van der Waals surface area contributed by atoms with Gasteiger partial charge in [-0.05, 0) is 6.07 Å². The maximum atomic E-state index is 8.12. The van der Waals surface area contributed by atoms with Gasteiger partial charge >= 0.3 is 6.15 Å². The molecule has 0 radical (unpaired) electrons. The Labute approximate surface area is 102 Å². The monoisotopic (exact) mass is 253 g/mol. The van der Waals surface area contributed by atoms with Crippen LogP contribution in [0.5, 0.6) is 5.88 Å². The second-order valence-electron chi connectivity index (χ2n) is 2.77. The quantitative estimate of drug-likeness (QED) is 0.895. The zero-order valence-electron chi connectivity index (χ0n) is 8.59. The second kappa shape index (κ2) is 7.16. The van der Waals surface area contributed by atoms with Crippen LogP contribution in [0, 0.1) is 0 Å². The van der Waals surface area contributed by atoms with Crippen molar-refractivity contribution < 1.29 is 14.3 Å². The number of benzene rings is 1. The summed E-state index contributed by atoms with van der Waals surface area (Å²) in [5.74, 6) is 0.463. The Kier molecular flexibility index (Phi) is 5.43. The largest absolute Gasteiger partial charge is 0.471 e. The molecule has 88 valence electrons. The van der Waals surface area contributed by atoms with Crippen molar-refractivity contribution in [2.24, 2.45) is 0 Å². The van der Waals surface area contributed by atoms with Crippen molar-refractivity contribution in [3.05, 3.63) is 41.0 Å². The van der Waals surface area contributed by atoms with Gasteiger partial charge in [0.2, 0.25) is 0 Å². The summed E-state index contributed by atoms with van der Waals surface area (Å²) in [5.41, 5.74) is 0.928. The number of rotatable bonds is 3. The van der Waals surface area contributed by atoms with Crippen LogP contribution >= 0.6 is 11.6 Å². The summed E-state index contributed by atoms with van der Waals surface area (Å²) in [6.07, 6.45) is 1.76. The van der Waals surface area contributed by atoms with Crippen LogP contribution in [-0.2, 0) is 16.2 Å². The molecule has 0 atom stereocenters. The molecule has 0 aliphatic rings. The SMILES string of the molecule is Clc1ccccc1COc1cn[nH]n1.O=C=O. The molecule has 2 rings (SSSR count). The van der Waals surface area contributed by atoms with E-state index in [2.05, 4.69) is 15.4 Å². The van der Waals surface area contributed by atoms with Gasteiger partial charge in [-0.15, -0.1) is 5.10 Å². The average molecular weight is 254 g/mol. The number of aromatic amines is 1. The minimum atomic E-state index is 0.250. The Morgan fingerprint density at radius 2 is 2.06 bits per heavy atom. The van der Waals surface area contributed by atoms with Crippen molar-refractivity contribution in [2.45, 2.75) is 6.61 Å². The predicted molar refractivity (Wildman–Crippen MR) is 57.2 cm³/mol. The number of hydrogen-bond donors (Lipinski definition) is 1. The summed E-state index contributed by atoms with van der Waals surface area (Å²) in [5, 5.41) is 10.5. The maximum absolute atomic E-state index is 8.12. The van der Waals surface area contributed by atoms with Crippen molar-refractivity contribution in [1.82, 2.24) is 15.4 Å². The Bertz CT molecular complexity index is 481. The van der Waals surface area contributed by atoms with Gasteiger partial charge in [-0.25, -0.2) is 0 Å². The Morgan fingerprint density at radius 3 is 2.65 bits per heavy atom. The van der Waals surface area contributed by atoms with Crippen LogP contribution in [0.25, 0.3) is 0 Å². The highest BCUT2D eigenvalue weighted by Gasteiger charge is 2.01. The summed E-state index contributed by atoms with van der Waals surface area (Å²) in [6, 6.07) is 7.51. The molecule has 6 nitrogen and oxygen atoms in total. The van der Waals surface area contributed by atoms with Gasteiger partial charge in [0.15, 0.2) is 0 Å². The summed E-state index contributed by atoms with van der Waals surface area (Å²) in [4.78, 5) is 16.2. The minimum absolute atomic E-state index is 0.250. The van der Waals surface area contributed by atoms with E-state index in [4.69, 9.17) is 25.9 Å². The van der Waals surface area contributed by atoms with Gasteiger partial charge in [0.25, 0.3) is 5.88 Å². The van der Waals surface area contributed by atoms with Crippen LogP contribution in [0.15, 0.2) is 30.5 Å². The summed E-state index contributed by atoms with van der Waals surface area (Å²) in [7, 11) is 0. The second-order valence-corrected chi connectivity index (χ2v) is 3.18. The Hall–Kier alpha value is -2.17. The molecule has 0 aliphatic carbocycles. The lowest BCUT2D eigenvalue weighted by atomic mass is 10.2. The fraction of sp³-hybridized carbons (Fsp3) is 0.100. The summed E-state index contributed by atoms with van der Waals surface area (Å²) < 4.78 is 5.32. The van der Waals surface area contributed by atoms with Crippen LogP contribution < -0.4 is 4.74 Å². The molecule has 0 saturated heterocycles. The van der Waals surface area contributed by atoms with E-state index in [9.17, 15) is 0 Å². The summed E-state index contributed by atoms with van der Waals surface area (Å²) in [6.45, 7) is 0.395. The van der Waals surface area contributed by atoms with Crippen LogP contribution in [0.1, 0.15) is 5.56 Å². The molecule has 1 N–H and O–H groups in total. The van der Waals surface area contributed by atoms with Crippen LogP contribution in [0.4, 0.5) is 0 Å². The standard InChI is InChI=1S/C9H8ClN3O.CO2/c10-8-4-2-1-3-7(8)6-14-9-5-11-13-12-9;2-1-3/h1-5H,6H2,(H,11,12,13);. The lowest BCUT2D eigenvalue weighted by Crippen LogP contribution is -1.96. The number of halogens is 1. The van der Waals surface area contributed by atoms with E-state index in [-0.39, 0.29) is 6.15 Å². The molecule has 1 heterocycles. The zero-order valence-corrected chi connectivity index (χ0v) is 9.35.